The van der Waals surface area contributed by atoms with Crippen molar-refractivity contribution in [2.45, 2.75) is 6.61 Å². The van der Waals surface area contributed by atoms with Crippen molar-refractivity contribution in [3.63, 3.8) is 0 Å². The topological polar surface area (TPSA) is 69.0 Å². The van der Waals surface area contributed by atoms with E-state index < -0.39 is 12.5 Å². The molecule has 0 unspecified atom stereocenters. The van der Waals surface area contributed by atoms with Gasteiger partial charge in [0.1, 0.15) is 12.1 Å². The van der Waals surface area contributed by atoms with Gasteiger partial charge in [-0.3, -0.25) is 4.79 Å². The fourth-order valence-corrected chi connectivity index (χ4v) is 1.98. The summed E-state index contributed by atoms with van der Waals surface area (Å²) in [5.74, 6) is -0.506. The number of anilines is 1. The van der Waals surface area contributed by atoms with Crippen LogP contribution >= 0.6 is 0 Å². The summed E-state index contributed by atoms with van der Waals surface area (Å²) < 4.78 is 29.9. The Morgan fingerprint density at radius 3 is 2.46 bits per heavy atom. The van der Waals surface area contributed by atoms with Crippen LogP contribution in [-0.2, 0) is 0 Å². The molecule has 2 aromatic carbocycles. The minimum atomic E-state index is -2.89. The molecule has 1 amide bonds. The number of halogens is 2. The largest absolute Gasteiger partial charge is 0.435 e. The summed E-state index contributed by atoms with van der Waals surface area (Å²) in [5.41, 5.74) is 1.19. The number of carbonyl (C=O) groups excluding carboxylic acids is 1. The first-order valence-electron chi connectivity index (χ1n) is 6.95. The number of para-hydroxylation sites is 1. The van der Waals surface area contributed by atoms with Crippen molar-refractivity contribution in [2.75, 3.05) is 5.32 Å². The van der Waals surface area contributed by atoms with Crippen molar-refractivity contribution in [3.8, 4) is 11.4 Å². The second kappa shape index (κ2) is 6.86. The number of aromatic nitrogens is 3. The number of hydrogen-bond acceptors (Lipinski definition) is 4. The minimum absolute atomic E-state index is 0.00763. The average Bonchev–Trinajstić information content (AvgIpc) is 3.07. The molecule has 0 aliphatic carbocycles. The highest BCUT2D eigenvalue weighted by molar-refractivity contribution is 6.01. The van der Waals surface area contributed by atoms with Gasteiger partial charge in [0.25, 0.3) is 5.91 Å². The lowest BCUT2D eigenvalue weighted by molar-refractivity contribution is -0.0498. The number of benzene rings is 2. The predicted molar refractivity (Wildman–Crippen MR) is 82.4 cm³/mol. The molecule has 0 saturated carbocycles. The Morgan fingerprint density at radius 1 is 1.08 bits per heavy atom. The van der Waals surface area contributed by atoms with Gasteiger partial charge in [0.05, 0.1) is 5.69 Å². The van der Waals surface area contributed by atoms with E-state index in [1.54, 1.807) is 0 Å². The highest BCUT2D eigenvalue weighted by Gasteiger charge is 2.12. The SMILES string of the molecule is O=C(Nc1ccc(OC(F)F)cc1)c1ncn(-c2ccccc2)n1. The zero-order valence-electron chi connectivity index (χ0n) is 12.3. The van der Waals surface area contributed by atoms with E-state index in [4.69, 9.17) is 0 Å². The lowest BCUT2D eigenvalue weighted by Gasteiger charge is -2.06. The van der Waals surface area contributed by atoms with Crippen molar-refractivity contribution in [1.82, 2.24) is 14.8 Å². The van der Waals surface area contributed by atoms with Crippen LogP contribution < -0.4 is 10.1 Å². The second-order valence-electron chi connectivity index (χ2n) is 4.71. The van der Waals surface area contributed by atoms with E-state index >= 15 is 0 Å². The van der Waals surface area contributed by atoms with Gasteiger partial charge >= 0.3 is 6.61 Å². The summed E-state index contributed by atoms with van der Waals surface area (Å²) in [7, 11) is 0. The van der Waals surface area contributed by atoms with Gasteiger partial charge < -0.3 is 10.1 Å². The molecule has 24 heavy (non-hydrogen) atoms. The summed E-state index contributed by atoms with van der Waals surface area (Å²) >= 11 is 0. The maximum Gasteiger partial charge on any atom is 0.387 e. The monoisotopic (exact) mass is 330 g/mol. The van der Waals surface area contributed by atoms with E-state index in [0.717, 1.165) is 5.69 Å². The first-order valence-corrected chi connectivity index (χ1v) is 6.95. The van der Waals surface area contributed by atoms with Gasteiger partial charge in [-0.05, 0) is 36.4 Å². The van der Waals surface area contributed by atoms with Crippen LogP contribution in [-0.4, -0.2) is 27.3 Å². The van der Waals surface area contributed by atoms with Gasteiger partial charge in [-0.2, -0.15) is 8.78 Å². The lowest BCUT2D eigenvalue weighted by Crippen LogP contribution is -2.14. The van der Waals surface area contributed by atoms with E-state index in [1.807, 2.05) is 30.3 Å². The smallest absolute Gasteiger partial charge is 0.387 e. The molecule has 6 nitrogen and oxygen atoms in total. The van der Waals surface area contributed by atoms with Crippen LogP contribution in [0.15, 0.2) is 60.9 Å². The van der Waals surface area contributed by atoms with Gasteiger partial charge in [0, 0.05) is 5.69 Å². The highest BCUT2D eigenvalue weighted by atomic mass is 19.3. The van der Waals surface area contributed by atoms with Crippen LogP contribution in [0, 0.1) is 0 Å². The van der Waals surface area contributed by atoms with Crippen molar-refractivity contribution in [1.29, 1.82) is 0 Å². The average molecular weight is 330 g/mol. The Labute approximate surface area is 135 Å². The molecule has 0 radical (unpaired) electrons. The lowest BCUT2D eigenvalue weighted by atomic mass is 10.3. The summed E-state index contributed by atoms with van der Waals surface area (Å²) in [5, 5.41) is 6.69. The summed E-state index contributed by atoms with van der Waals surface area (Å²) in [6.07, 6.45) is 1.43. The molecule has 1 N–H and O–H groups in total. The molecule has 0 atom stereocenters. The minimum Gasteiger partial charge on any atom is -0.435 e. The standard InChI is InChI=1S/C16H12F2N4O2/c17-16(18)24-13-8-6-11(7-9-13)20-15(23)14-19-10-22(21-14)12-4-2-1-3-5-12/h1-10,16H,(H,20,23). The molecule has 0 spiro atoms. The zero-order valence-corrected chi connectivity index (χ0v) is 12.3. The summed E-state index contributed by atoms with van der Waals surface area (Å²) in [4.78, 5) is 16.1. The normalized spacial score (nSPS) is 10.6. The molecule has 0 bridgehead atoms. The van der Waals surface area contributed by atoms with E-state index in [9.17, 15) is 13.6 Å². The fourth-order valence-electron chi connectivity index (χ4n) is 1.98. The number of hydrogen-bond donors (Lipinski definition) is 1. The van der Waals surface area contributed by atoms with Crippen LogP contribution in [0.1, 0.15) is 10.6 Å². The summed E-state index contributed by atoms with van der Waals surface area (Å²) in [6, 6.07) is 14.8. The van der Waals surface area contributed by atoms with Crippen LogP contribution in [0.2, 0.25) is 0 Å². The second-order valence-corrected chi connectivity index (χ2v) is 4.71. The van der Waals surface area contributed by atoms with Crippen LogP contribution in [0.5, 0.6) is 5.75 Å². The molecule has 0 aliphatic heterocycles. The molecular formula is C16H12F2N4O2. The first-order chi connectivity index (χ1) is 11.6. The third-order valence-electron chi connectivity index (χ3n) is 3.05. The van der Waals surface area contributed by atoms with Gasteiger partial charge in [-0.15, -0.1) is 5.10 Å². The Kier molecular flexibility index (Phi) is 4.46. The number of nitrogens with zero attached hydrogens (tertiary/aromatic N) is 3. The quantitative estimate of drug-likeness (QED) is 0.780. The number of ether oxygens (including phenoxy) is 1. The number of amides is 1. The molecule has 0 fully saturated rings. The first kappa shape index (κ1) is 15.6. The number of nitrogens with one attached hydrogen (secondary N) is 1. The number of alkyl halides is 2. The third-order valence-corrected chi connectivity index (χ3v) is 3.05. The van der Waals surface area contributed by atoms with Gasteiger partial charge in [-0.25, -0.2) is 9.67 Å². The zero-order chi connectivity index (χ0) is 16.9. The highest BCUT2D eigenvalue weighted by Crippen LogP contribution is 2.18. The fraction of sp³-hybridized carbons (Fsp3) is 0.0625. The van der Waals surface area contributed by atoms with Gasteiger partial charge in [0.15, 0.2) is 0 Å². The Balaban J connectivity index is 1.68. The van der Waals surface area contributed by atoms with E-state index in [-0.39, 0.29) is 11.6 Å². The molecule has 0 saturated heterocycles. The molecule has 8 heteroatoms. The third kappa shape index (κ3) is 3.72. The van der Waals surface area contributed by atoms with E-state index in [0.29, 0.717) is 5.69 Å². The number of rotatable bonds is 5. The molecule has 1 aromatic heterocycles. The molecule has 3 rings (SSSR count). The van der Waals surface area contributed by atoms with Crippen molar-refractivity contribution < 1.29 is 18.3 Å². The van der Waals surface area contributed by atoms with Crippen LogP contribution in [0.3, 0.4) is 0 Å². The van der Waals surface area contributed by atoms with Gasteiger partial charge in [-0.1, -0.05) is 18.2 Å². The van der Waals surface area contributed by atoms with Crippen molar-refractivity contribution in [2.24, 2.45) is 0 Å². The van der Waals surface area contributed by atoms with Crippen molar-refractivity contribution in [3.05, 3.63) is 66.7 Å². The van der Waals surface area contributed by atoms with Gasteiger partial charge in [0.2, 0.25) is 5.82 Å². The molecule has 1 heterocycles. The van der Waals surface area contributed by atoms with Crippen molar-refractivity contribution >= 4 is 11.6 Å². The Bertz CT molecular complexity index is 820. The maximum atomic E-state index is 12.1. The Morgan fingerprint density at radius 2 is 1.79 bits per heavy atom. The Hall–Kier alpha value is -3.29. The molecule has 122 valence electrons. The molecule has 3 aromatic rings. The summed E-state index contributed by atoms with van der Waals surface area (Å²) in [6.45, 7) is -2.89. The number of carbonyl (C=O) groups is 1. The molecular weight excluding hydrogens is 318 g/mol. The van der Waals surface area contributed by atoms with E-state index in [1.165, 1.54) is 35.3 Å². The predicted octanol–water partition coefficient (Wildman–Crippen LogP) is 3.12. The van der Waals surface area contributed by atoms with Crippen LogP contribution in [0.25, 0.3) is 5.69 Å². The van der Waals surface area contributed by atoms with Crippen LogP contribution in [0.4, 0.5) is 14.5 Å². The van der Waals surface area contributed by atoms with E-state index in [2.05, 4.69) is 20.1 Å². The maximum absolute atomic E-state index is 12.1. The molecule has 0 aliphatic rings.